The van der Waals surface area contributed by atoms with Gasteiger partial charge in [-0.3, -0.25) is 9.59 Å². The highest BCUT2D eigenvalue weighted by Gasteiger charge is 2.50. The summed E-state index contributed by atoms with van der Waals surface area (Å²) >= 11 is 0. The van der Waals surface area contributed by atoms with Gasteiger partial charge in [0.05, 0.1) is 12.5 Å². The van der Waals surface area contributed by atoms with E-state index in [1.54, 1.807) is 6.08 Å². The van der Waals surface area contributed by atoms with Crippen molar-refractivity contribution in [2.24, 2.45) is 11.8 Å². The first-order valence-electron chi connectivity index (χ1n) is 9.01. The second-order valence-corrected chi connectivity index (χ2v) is 7.28. The Labute approximate surface area is 155 Å². The molecule has 1 aliphatic heterocycles. The Kier molecular flexibility index (Phi) is 6.24. The first kappa shape index (κ1) is 20.2. The van der Waals surface area contributed by atoms with Crippen LogP contribution in [0.1, 0.15) is 41.0 Å². The number of ketones is 1. The summed E-state index contributed by atoms with van der Waals surface area (Å²) in [5.74, 6) is -0.231. The Morgan fingerprint density at radius 3 is 2.77 bits per heavy atom. The highest BCUT2D eigenvalue weighted by atomic mass is 16.6. The van der Waals surface area contributed by atoms with Crippen LogP contribution in [0, 0.1) is 11.8 Å². The second kappa shape index (κ2) is 8.04. The molecule has 2 aliphatic rings. The van der Waals surface area contributed by atoms with Crippen molar-refractivity contribution in [3.8, 4) is 0 Å². The average Bonchev–Trinajstić information content (AvgIpc) is 2.57. The molecule has 0 aromatic carbocycles. The molecule has 142 valence electrons. The number of hydrogen-bond acceptors (Lipinski definition) is 5. The van der Waals surface area contributed by atoms with Gasteiger partial charge >= 0.3 is 5.97 Å². The molecule has 0 saturated heterocycles. The normalized spacial score (nSPS) is 30.2. The molecule has 0 spiro atoms. The van der Waals surface area contributed by atoms with Crippen molar-refractivity contribution in [2.45, 2.75) is 52.7 Å². The zero-order valence-electron chi connectivity index (χ0n) is 16.1. The van der Waals surface area contributed by atoms with E-state index in [0.29, 0.717) is 17.3 Å². The molecule has 1 aliphatic carbocycles. The van der Waals surface area contributed by atoms with Gasteiger partial charge in [-0.2, -0.15) is 0 Å². The molecule has 0 aromatic rings. The Morgan fingerprint density at radius 2 is 2.15 bits per heavy atom. The van der Waals surface area contributed by atoms with Crippen molar-refractivity contribution < 1.29 is 24.2 Å². The quantitative estimate of drug-likeness (QED) is 0.602. The molecule has 2 rings (SSSR count). The maximum Gasteiger partial charge on any atom is 0.303 e. The lowest BCUT2D eigenvalue weighted by Crippen LogP contribution is -2.56. The molecule has 0 saturated carbocycles. The molecule has 0 radical (unpaired) electrons. The van der Waals surface area contributed by atoms with Crippen LogP contribution in [0.4, 0.5) is 0 Å². The van der Waals surface area contributed by atoms with Gasteiger partial charge in [-0.05, 0) is 43.6 Å². The predicted octanol–water partition coefficient (Wildman–Crippen LogP) is 3.26. The van der Waals surface area contributed by atoms with Gasteiger partial charge in [0.2, 0.25) is 0 Å². The fourth-order valence-electron chi connectivity index (χ4n) is 3.14. The zero-order valence-corrected chi connectivity index (χ0v) is 16.1. The first-order valence-corrected chi connectivity index (χ1v) is 9.01. The van der Waals surface area contributed by atoms with Crippen LogP contribution in [-0.2, 0) is 19.1 Å². The number of allylic oxidation sites excluding steroid dienone is 5. The third-order valence-electron chi connectivity index (χ3n) is 4.88. The summed E-state index contributed by atoms with van der Waals surface area (Å²) in [7, 11) is 0. The number of aliphatic hydroxyl groups is 1. The molecular formula is C21H28O5. The zero-order chi connectivity index (χ0) is 19.5. The lowest BCUT2D eigenvalue weighted by molar-refractivity contribution is -0.174. The van der Waals surface area contributed by atoms with E-state index in [1.165, 1.54) is 19.9 Å². The van der Waals surface area contributed by atoms with Crippen LogP contribution >= 0.6 is 0 Å². The van der Waals surface area contributed by atoms with Gasteiger partial charge in [-0.25, -0.2) is 0 Å². The number of carbonyl (C=O) groups excluding carboxylic acids is 2. The van der Waals surface area contributed by atoms with Crippen LogP contribution in [0.2, 0.25) is 0 Å². The number of rotatable bonds is 5. The lowest BCUT2D eigenvalue weighted by Gasteiger charge is -2.41. The lowest BCUT2D eigenvalue weighted by atomic mass is 9.75. The fraction of sp³-hybridized carbons (Fsp3) is 0.524. The molecule has 1 N–H and O–H groups in total. The minimum absolute atomic E-state index is 0.234. The van der Waals surface area contributed by atoms with Crippen LogP contribution in [0.25, 0.3) is 0 Å². The molecule has 1 heterocycles. The third kappa shape index (κ3) is 4.52. The van der Waals surface area contributed by atoms with Crippen LogP contribution in [0.5, 0.6) is 0 Å². The van der Waals surface area contributed by atoms with Crippen LogP contribution < -0.4 is 0 Å². The summed E-state index contributed by atoms with van der Waals surface area (Å²) in [6.07, 6.45) is 9.35. The molecule has 0 bridgehead atoms. The van der Waals surface area contributed by atoms with Crippen molar-refractivity contribution in [3.63, 3.8) is 0 Å². The summed E-state index contributed by atoms with van der Waals surface area (Å²) in [4.78, 5) is 23.7. The van der Waals surface area contributed by atoms with Gasteiger partial charge in [0.25, 0.3) is 0 Å². The molecule has 26 heavy (non-hydrogen) atoms. The van der Waals surface area contributed by atoms with Gasteiger partial charge in [0.15, 0.2) is 11.4 Å². The van der Waals surface area contributed by atoms with Crippen LogP contribution in [0.15, 0.2) is 47.3 Å². The number of esters is 1. The molecule has 4 atom stereocenters. The standard InChI is InChI=1S/C21H28O5/c1-6-13(2)9-14(3)7-8-17-10-16-11-19(23)21(5,24)20(26-15(4)22)18(16)12-25-17/h7-11,13,18,20,24H,6,12H2,1-5H3/b8-7?,14-9+/t13-,18-,20+,21-/m1/s1. The molecule has 0 amide bonds. The topological polar surface area (TPSA) is 72.8 Å². The molecule has 0 aromatic heterocycles. The van der Waals surface area contributed by atoms with E-state index in [0.717, 1.165) is 12.0 Å². The Hall–Kier alpha value is -2.14. The predicted molar refractivity (Wildman–Crippen MR) is 99.1 cm³/mol. The maximum atomic E-state index is 12.3. The monoisotopic (exact) mass is 360 g/mol. The first-order chi connectivity index (χ1) is 12.1. The number of ether oxygens (including phenoxy) is 2. The highest BCUT2D eigenvalue weighted by molar-refractivity contribution is 5.99. The summed E-state index contributed by atoms with van der Waals surface area (Å²) in [6.45, 7) is 9.21. The van der Waals surface area contributed by atoms with Crippen molar-refractivity contribution in [2.75, 3.05) is 6.61 Å². The SMILES string of the molecule is CC[C@@H](C)/C=C(\C)C=CC1=CC2=CC(=O)[C@@](C)(O)[C@@H](OC(C)=O)[C@@H]2CO1. The van der Waals surface area contributed by atoms with Gasteiger partial charge < -0.3 is 14.6 Å². The van der Waals surface area contributed by atoms with E-state index in [1.807, 2.05) is 19.1 Å². The Balaban J connectivity index is 2.25. The number of carbonyl (C=O) groups is 2. The van der Waals surface area contributed by atoms with Crippen LogP contribution in [0.3, 0.4) is 0 Å². The number of fused-ring (bicyclic) bond motifs is 1. The minimum atomic E-state index is -1.75. The van der Waals surface area contributed by atoms with Crippen molar-refractivity contribution >= 4 is 11.8 Å². The van der Waals surface area contributed by atoms with Crippen molar-refractivity contribution in [3.05, 3.63) is 47.3 Å². The summed E-state index contributed by atoms with van der Waals surface area (Å²) in [5.41, 5.74) is 0.0997. The Bertz CT molecular complexity index is 693. The summed E-state index contributed by atoms with van der Waals surface area (Å²) in [6, 6.07) is 0. The van der Waals surface area contributed by atoms with Gasteiger partial charge in [-0.15, -0.1) is 0 Å². The van der Waals surface area contributed by atoms with Gasteiger partial charge in [0, 0.05) is 6.92 Å². The van der Waals surface area contributed by atoms with E-state index >= 15 is 0 Å². The van der Waals surface area contributed by atoms with Crippen molar-refractivity contribution in [1.29, 1.82) is 0 Å². The van der Waals surface area contributed by atoms with E-state index in [9.17, 15) is 14.7 Å². The maximum absolute atomic E-state index is 12.3. The highest BCUT2D eigenvalue weighted by Crippen LogP contribution is 2.37. The summed E-state index contributed by atoms with van der Waals surface area (Å²) in [5, 5.41) is 10.5. The largest absolute Gasteiger partial charge is 0.493 e. The summed E-state index contributed by atoms with van der Waals surface area (Å²) < 4.78 is 11.0. The van der Waals surface area contributed by atoms with Crippen LogP contribution in [-0.4, -0.2) is 35.2 Å². The molecule has 5 heteroatoms. The fourth-order valence-corrected chi connectivity index (χ4v) is 3.14. The molecule has 0 unspecified atom stereocenters. The second-order valence-electron chi connectivity index (χ2n) is 7.28. The van der Waals surface area contributed by atoms with E-state index in [-0.39, 0.29) is 12.5 Å². The van der Waals surface area contributed by atoms with Crippen molar-refractivity contribution in [1.82, 2.24) is 0 Å². The Morgan fingerprint density at radius 1 is 1.46 bits per heavy atom. The van der Waals surface area contributed by atoms with E-state index < -0.39 is 23.5 Å². The number of hydrogen-bond donors (Lipinski definition) is 1. The van der Waals surface area contributed by atoms with Gasteiger partial charge in [0.1, 0.15) is 11.9 Å². The average molecular weight is 360 g/mol. The van der Waals surface area contributed by atoms with E-state index in [2.05, 4.69) is 19.9 Å². The third-order valence-corrected chi connectivity index (χ3v) is 4.88. The molecular weight excluding hydrogens is 332 g/mol. The molecule has 5 nitrogen and oxygen atoms in total. The van der Waals surface area contributed by atoms with Gasteiger partial charge in [-0.1, -0.05) is 38.0 Å². The molecule has 0 fully saturated rings. The smallest absolute Gasteiger partial charge is 0.303 e. The van der Waals surface area contributed by atoms with E-state index in [4.69, 9.17) is 9.47 Å². The minimum Gasteiger partial charge on any atom is -0.493 e.